The Hall–Kier alpha value is -1.56. The molecule has 1 amide bonds. The number of nitrogens with one attached hydrogen (secondary N) is 2. The number of amides is 1. The molecule has 23 heavy (non-hydrogen) atoms. The fourth-order valence-corrected chi connectivity index (χ4v) is 2.98. The lowest BCUT2D eigenvalue weighted by Crippen LogP contribution is -2.45. The van der Waals surface area contributed by atoms with Gasteiger partial charge in [-0.1, -0.05) is 5.16 Å². The van der Waals surface area contributed by atoms with Gasteiger partial charge in [-0.25, -0.2) is 4.79 Å². The molecule has 0 saturated heterocycles. The fourth-order valence-electron chi connectivity index (χ4n) is 2.98. The maximum absolute atomic E-state index is 11.9. The number of aromatic nitrogens is 1. The van der Waals surface area contributed by atoms with Crippen LogP contribution in [0.25, 0.3) is 0 Å². The van der Waals surface area contributed by atoms with Crippen LogP contribution in [0.2, 0.25) is 0 Å². The molecule has 130 valence electrons. The molecule has 6 nitrogen and oxygen atoms in total. The lowest BCUT2D eigenvalue weighted by molar-refractivity contribution is 0.0488. The number of rotatable bonds is 4. The molecular weight excluding hydrogens is 294 g/mol. The standard InChI is InChI=1S/C17H29N3O3/c1-11-15(12(2)23-20-11)10-18-13-7-6-8-14(9-13)19-16(21)22-17(3,4)5/h13-14,18H,6-10H2,1-5H3,(H,19,21). The summed E-state index contributed by atoms with van der Waals surface area (Å²) in [6.07, 6.45) is 3.81. The van der Waals surface area contributed by atoms with E-state index in [1.807, 2.05) is 34.6 Å². The van der Waals surface area contributed by atoms with Gasteiger partial charge in [0.05, 0.1) is 5.69 Å². The minimum atomic E-state index is -0.459. The first-order valence-corrected chi connectivity index (χ1v) is 8.39. The SMILES string of the molecule is Cc1noc(C)c1CNC1CCCC(NC(=O)OC(C)(C)C)C1. The van der Waals surface area contributed by atoms with Gasteiger partial charge in [-0.15, -0.1) is 0 Å². The zero-order valence-corrected chi connectivity index (χ0v) is 14.9. The van der Waals surface area contributed by atoms with Gasteiger partial charge in [0.2, 0.25) is 0 Å². The van der Waals surface area contributed by atoms with Crippen LogP contribution < -0.4 is 10.6 Å². The van der Waals surface area contributed by atoms with Crippen LogP contribution in [0, 0.1) is 13.8 Å². The highest BCUT2D eigenvalue weighted by molar-refractivity contribution is 5.68. The van der Waals surface area contributed by atoms with E-state index < -0.39 is 5.60 Å². The second kappa shape index (κ2) is 7.34. The van der Waals surface area contributed by atoms with Gasteiger partial charge in [0, 0.05) is 24.2 Å². The van der Waals surface area contributed by atoms with Crippen molar-refractivity contribution in [3.63, 3.8) is 0 Å². The Morgan fingerprint density at radius 1 is 1.30 bits per heavy atom. The predicted octanol–water partition coefficient (Wildman–Crippen LogP) is 3.22. The average molecular weight is 323 g/mol. The second-order valence-electron chi connectivity index (χ2n) is 7.39. The van der Waals surface area contributed by atoms with Gasteiger partial charge in [-0.3, -0.25) is 0 Å². The number of ether oxygens (including phenoxy) is 1. The number of carbonyl (C=O) groups excluding carboxylic acids is 1. The van der Waals surface area contributed by atoms with Crippen molar-refractivity contribution in [2.24, 2.45) is 0 Å². The summed E-state index contributed by atoms with van der Waals surface area (Å²) in [5.41, 5.74) is 1.61. The molecule has 0 bridgehead atoms. The first kappa shape index (κ1) is 17.8. The van der Waals surface area contributed by atoms with Crippen molar-refractivity contribution in [3.05, 3.63) is 17.0 Å². The van der Waals surface area contributed by atoms with E-state index in [9.17, 15) is 4.79 Å². The highest BCUT2D eigenvalue weighted by Gasteiger charge is 2.25. The van der Waals surface area contributed by atoms with Crippen molar-refractivity contribution >= 4 is 6.09 Å². The Kier molecular flexibility index (Phi) is 5.68. The molecule has 1 heterocycles. The minimum Gasteiger partial charge on any atom is -0.444 e. The fraction of sp³-hybridized carbons (Fsp3) is 0.765. The first-order chi connectivity index (χ1) is 10.7. The first-order valence-electron chi connectivity index (χ1n) is 8.39. The summed E-state index contributed by atoms with van der Waals surface area (Å²) in [4.78, 5) is 11.9. The van der Waals surface area contributed by atoms with Gasteiger partial charge in [-0.05, 0) is 60.3 Å². The van der Waals surface area contributed by atoms with E-state index in [1.165, 1.54) is 0 Å². The molecule has 1 aliphatic carbocycles. The van der Waals surface area contributed by atoms with E-state index in [4.69, 9.17) is 9.26 Å². The molecule has 2 N–H and O–H groups in total. The van der Waals surface area contributed by atoms with Crippen LogP contribution in [0.4, 0.5) is 4.79 Å². The van der Waals surface area contributed by atoms with Crippen molar-refractivity contribution < 1.29 is 14.1 Å². The minimum absolute atomic E-state index is 0.167. The Morgan fingerprint density at radius 3 is 2.61 bits per heavy atom. The number of hydrogen-bond donors (Lipinski definition) is 2. The smallest absolute Gasteiger partial charge is 0.407 e. The summed E-state index contributed by atoms with van der Waals surface area (Å²) in [5, 5.41) is 10.5. The number of carbonyl (C=O) groups is 1. The number of alkyl carbamates (subject to hydrolysis) is 1. The third kappa shape index (κ3) is 5.53. The maximum atomic E-state index is 11.9. The number of hydrogen-bond acceptors (Lipinski definition) is 5. The molecule has 1 fully saturated rings. The van der Waals surface area contributed by atoms with Crippen molar-refractivity contribution in [2.45, 2.75) is 84.5 Å². The van der Waals surface area contributed by atoms with E-state index in [0.717, 1.165) is 49.2 Å². The Balaban J connectivity index is 1.80. The van der Waals surface area contributed by atoms with Gasteiger partial charge >= 0.3 is 6.09 Å². The van der Waals surface area contributed by atoms with Crippen LogP contribution in [0.1, 0.15) is 63.5 Å². The quantitative estimate of drug-likeness (QED) is 0.889. The normalized spacial score (nSPS) is 22.0. The topological polar surface area (TPSA) is 76.4 Å². The molecule has 0 spiro atoms. The summed E-state index contributed by atoms with van der Waals surface area (Å²) < 4.78 is 10.5. The van der Waals surface area contributed by atoms with Gasteiger partial charge < -0.3 is 19.9 Å². The molecule has 2 unspecified atom stereocenters. The summed E-state index contributed by atoms with van der Waals surface area (Å²) in [5.74, 6) is 0.870. The largest absolute Gasteiger partial charge is 0.444 e. The molecular formula is C17H29N3O3. The highest BCUT2D eigenvalue weighted by Crippen LogP contribution is 2.20. The number of nitrogens with zero attached hydrogens (tertiary/aromatic N) is 1. The molecule has 0 radical (unpaired) electrons. The van der Waals surface area contributed by atoms with Crippen molar-refractivity contribution in [1.29, 1.82) is 0 Å². The second-order valence-corrected chi connectivity index (χ2v) is 7.39. The molecule has 2 rings (SSSR count). The van der Waals surface area contributed by atoms with Gasteiger partial charge in [0.1, 0.15) is 11.4 Å². The van der Waals surface area contributed by atoms with E-state index >= 15 is 0 Å². The van der Waals surface area contributed by atoms with Gasteiger partial charge in [0.15, 0.2) is 0 Å². The molecule has 2 atom stereocenters. The van der Waals surface area contributed by atoms with Crippen LogP contribution in [0.15, 0.2) is 4.52 Å². The summed E-state index contributed by atoms with van der Waals surface area (Å²) >= 11 is 0. The molecule has 0 aliphatic heterocycles. The molecule has 0 aromatic carbocycles. The molecule has 1 aliphatic rings. The van der Waals surface area contributed by atoms with E-state index in [0.29, 0.717) is 6.04 Å². The zero-order valence-electron chi connectivity index (χ0n) is 14.9. The lowest BCUT2D eigenvalue weighted by Gasteiger charge is -2.31. The highest BCUT2D eigenvalue weighted by atomic mass is 16.6. The van der Waals surface area contributed by atoms with Crippen LogP contribution in [0.5, 0.6) is 0 Å². The van der Waals surface area contributed by atoms with Crippen molar-refractivity contribution in [2.75, 3.05) is 0 Å². The van der Waals surface area contributed by atoms with Crippen LogP contribution in [0.3, 0.4) is 0 Å². The summed E-state index contributed by atoms with van der Waals surface area (Å²) in [6.45, 7) is 10.3. The van der Waals surface area contributed by atoms with Gasteiger partial charge in [0.25, 0.3) is 0 Å². The third-order valence-electron chi connectivity index (χ3n) is 4.14. The monoisotopic (exact) mass is 323 g/mol. The van der Waals surface area contributed by atoms with Crippen molar-refractivity contribution in [1.82, 2.24) is 15.8 Å². The lowest BCUT2D eigenvalue weighted by atomic mass is 9.91. The number of aryl methyl sites for hydroxylation is 2. The summed E-state index contributed by atoms with van der Waals surface area (Å²) in [6, 6.07) is 0.554. The van der Waals surface area contributed by atoms with E-state index in [2.05, 4.69) is 15.8 Å². The van der Waals surface area contributed by atoms with Gasteiger partial charge in [-0.2, -0.15) is 0 Å². The third-order valence-corrected chi connectivity index (χ3v) is 4.14. The van der Waals surface area contributed by atoms with Crippen LogP contribution in [-0.4, -0.2) is 28.9 Å². The summed E-state index contributed by atoms with van der Waals surface area (Å²) in [7, 11) is 0. The van der Waals surface area contributed by atoms with Crippen LogP contribution >= 0.6 is 0 Å². The van der Waals surface area contributed by atoms with Crippen molar-refractivity contribution in [3.8, 4) is 0 Å². The Labute approximate surface area is 138 Å². The molecule has 1 aromatic rings. The van der Waals surface area contributed by atoms with E-state index in [-0.39, 0.29) is 12.1 Å². The average Bonchev–Trinajstić information content (AvgIpc) is 2.74. The molecule has 6 heteroatoms. The maximum Gasteiger partial charge on any atom is 0.407 e. The zero-order chi connectivity index (χ0) is 17.0. The predicted molar refractivity (Wildman–Crippen MR) is 88.2 cm³/mol. The van der Waals surface area contributed by atoms with E-state index in [1.54, 1.807) is 0 Å². The molecule has 1 saturated carbocycles. The van der Waals surface area contributed by atoms with Crippen LogP contribution in [-0.2, 0) is 11.3 Å². The Bertz CT molecular complexity index is 514. The molecule has 1 aromatic heterocycles. The Morgan fingerprint density at radius 2 is 2.00 bits per heavy atom.